The Morgan fingerprint density at radius 1 is 1.35 bits per heavy atom. The molecule has 2 amide bonds. The number of rotatable bonds is 5. The summed E-state index contributed by atoms with van der Waals surface area (Å²) in [7, 11) is 0. The Morgan fingerprint density at radius 2 is 2.15 bits per heavy atom. The van der Waals surface area contributed by atoms with Crippen molar-refractivity contribution >= 4 is 6.03 Å². The van der Waals surface area contributed by atoms with E-state index in [4.69, 9.17) is 0 Å². The molecule has 20 heavy (non-hydrogen) atoms. The number of urea groups is 1. The monoisotopic (exact) mass is 274 g/mol. The van der Waals surface area contributed by atoms with Gasteiger partial charge in [-0.2, -0.15) is 0 Å². The molecule has 0 fully saturated rings. The van der Waals surface area contributed by atoms with Gasteiger partial charge in [0.1, 0.15) is 0 Å². The molecule has 1 aromatic carbocycles. The van der Waals surface area contributed by atoms with Crippen molar-refractivity contribution in [2.75, 3.05) is 6.54 Å². The van der Waals surface area contributed by atoms with E-state index in [0.29, 0.717) is 13.0 Å². The van der Waals surface area contributed by atoms with Crippen LogP contribution < -0.4 is 10.6 Å². The Balaban J connectivity index is 1.66. The van der Waals surface area contributed by atoms with Gasteiger partial charge in [0.2, 0.25) is 0 Å². The number of carbonyl (C=O) groups is 1. The third-order valence-corrected chi connectivity index (χ3v) is 3.46. The largest absolute Gasteiger partial charge is 0.388 e. The fourth-order valence-corrected chi connectivity index (χ4v) is 2.32. The van der Waals surface area contributed by atoms with Gasteiger partial charge in [-0.1, -0.05) is 42.5 Å². The summed E-state index contributed by atoms with van der Waals surface area (Å²) in [6.45, 7) is 0.457. The molecule has 0 aliphatic heterocycles. The van der Waals surface area contributed by atoms with Crippen LogP contribution in [0.25, 0.3) is 0 Å². The number of hydrogen-bond acceptors (Lipinski definition) is 2. The maximum Gasteiger partial charge on any atom is 0.315 e. The quantitative estimate of drug-likeness (QED) is 0.722. The second-order valence-corrected chi connectivity index (χ2v) is 5.08. The number of hydrogen-bond donors (Lipinski definition) is 3. The Hall–Kier alpha value is -1.81. The lowest BCUT2D eigenvalue weighted by molar-refractivity contribution is 0.166. The maximum absolute atomic E-state index is 11.7. The smallest absolute Gasteiger partial charge is 0.315 e. The lowest BCUT2D eigenvalue weighted by Gasteiger charge is -2.18. The number of aliphatic hydroxyl groups is 1. The van der Waals surface area contributed by atoms with Crippen molar-refractivity contribution in [3.05, 3.63) is 48.0 Å². The highest BCUT2D eigenvalue weighted by atomic mass is 16.3. The van der Waals surface area contributed by atoms with E-state index in [9.17, 15) is 9.90 Å². The van der Waals surface area contributed by atoms with Crippen molar-refractivity contribution in [2.45, 2.75) is 37.8 Å². The fraction of sp³-hybridized carbons (Fsp3) is 0.438. The van der Waals surface area contributed by atoms with Crippen molar-refractivity contribution in [2.24, 2.45) is 0 Å². The lowest BCUT2D eigenvalue weighted by atomic mass is 10.0. The van der Waals surface area contributed by atoms with Gasteiger partial charge in [-0.05, 0) is 31.2 Å². The van der Waals surface area contributed by atoms with Crippen LogP contribution in [0.4, 0.5) is 4.79 Å². The molecular formula is C16H22N2O2. The normalized spacial score (nSPS) is 19.4. The molecule has 108 valence electrons. The van der Waals surface area contributed by atoms with E-state index in [0.717, 1.165) is 24.8 Å². The molecule has 0 radical (unpaired) electrons. The topological polar surface area (TPSA) is 61.4 Å². The van der Waals surface area contributed by atoms with Gasteiger partial charge in [-0.3, -0.25) is 0 Å². The van der Waals surface area contributed by atoms with Crippen LogP contribution in [0.1, 0.15) is 37.4 Å². The van der Waals surface area contributed by atoms with Crippen molar-refractivity contribution in [1.29, 1.82) is 0 Å². The average molecular weight is 274 g/mol. The Bertz CT molecular complexity index is 445. The Morgan fingerprint density at radius 3 is 2.85 bits per heavy atom. The molecule has 1 aliphatic rings. The zero-order chi connectivity index (χ0) is 14.2. The highest BCUT2D eigenvalue weighted by Gasteiger charge is 2.12. The van der Waals surface area contributed by atoms with Gasteiger partial charge in [0, 0.05) is 12.6 Å². The third kappa shape index (κ3) is 4.70. The van der Waals surface area contributed by atoms with E-state index in [1.807, 2.05) is 36.4 Å². The van der Waals surface area contributed by atoms with Crippen molar-refractivity contribution in [3.8, 4) is 0 Å². The van der Waals surface area contributed by atoms with Crippen molar-refractivity contribution in [3.63, 3.8) is 0 Å². The van der Waals surface area contributed by atoms with Crippen LogP contribution in [-0.2, 0) is 0 Å². The minimum atomic E-state index is -0.536. The number of allylic oxidation sites excluding steroid dienone is 1. The van der Waals surface area contributed by atoms with Crippen LogP contribution in [-0.4, -0.2) is 23.7 Å². The molecule has 2 rings (SSSR count). The van der Waals surface area contributed by atoms with Crippen LogP contribution in [0.3, 0.4) is 0 Å². The van der Waals surface area contributed by atoms with E-state index in [1.165, 1.54) is 0 Å². The molecule has 0 bridgehead atoms. The number of carbonyl (C=O) groups excluding carboxylic acids is 1. The molecule has 1 aliphatic carbocycles. The first-order chi connectivity index (χ1) is 9.75. The zero-order valence-electron chi connectivity index (χ0n) is 11.6. The number of aliphatic hydroxyl groups excluding tert-OH is 1. The molecule has 3 N–H and O–H groups in total. The Labute approximate surface area is 119 Å². The summed E-state index contributed by atoms with van der Waals surface area (Å²) in [5, 5.41) is 15.7. The standard InChI is InChI=1S/C16H22N2O2/c19-15(13-7-3-1-4-8-13)11-12-17-16(20)18-14-9-5-2-6-10-14/h1,3-5,7-9,14-15,19H,2,6,10-12H2,(H2,17,18,20). The van der Waals surface area contributed by atoms with Gasteiger partial charge in [0.15, 0.2) is 0 Å². The molecular weight excluding hydrogens is 252 g/mol. The summed E-state index contributed by atoms with van der Waals surface area (Å²) in [5.41, 5.74) is 0.880. The predicted octanol–water partition coefficient (Wildman–Crippen LogP) is 2.52. The first-order valence-corrected chi connectivity index (χ1v) is 7.20. The summed E-state index contributed by atoms with van der Waals surface area (Å²) in [6, 6.07) is 9.46. The highest BCUT2D eigenvalue weighted by molar-refractivity contribution is 5.74. The highest BCUT2D eigenvalue weighted by Crippen LogP contribution is 2.14. The minimum absolute atomic E-state index is 0.141. The molecule has 2 unspecified atom stereocenters. The maximum atomic E-state index is 11.7. The number of nitrogens with one attached hydrogen (secondary N) is 2. The molecule has 4 nitrogen and oxygen atoms in total. The summed E-state index contributed by atoms with van der Waals surface area (Å²) in [5.74, 6) is 0. The van der Waals surface area contributed by atoms with E-state index in [1.54, 1.807) is 0 Å². The molecule has 0 spiro atoms. The predicted molar refractivity (Wildman–Crippen MR) is 79.3 cm³/mol. The van der Waals surface area contributed by atoms with E-state index in [2.05, 4.69) is 16.7 Å². The minimum Gasteiger partial charge on any atom is -0.388 e. The first kappa shape index (κ1) is 14.6. The fourth-order valence-electron chi connectivity index (χ4n) is 2.32. The van der Waals surface area contributed by atoms with Gasteiger partial charge < -0.3 is 15.7 Å². The Kier molecular flexibility index (Phi) is 5.62. The van der Waals surface area contributed by atoms with Crippen LogP contribution in [0, 0.1) is 0 Å². The van der Waals surface area contributed by atoms with Gasteiger partial charge in [-0.25, -0.2) is 4.79 Å². The molecule has 0 heterocycles. The van der Waals surface area contributed by atoms with Crippen LogP contribution >= 0.6 is 0 Å². The van der Waals surface area contributed by atoms with E-state index >= 15 is 0 Å². The average Bonchev–Trinajstić information content (AvgIpc) is 2.49. The molecule has 4 heteroatoms. The number of benzene rings is 1. The second kappa shape index (κ2) is 7.70. The molecule has 0 aromatic heterocycles. The van der Waals surface area contributed by atoms with Crippen molar-refractivity contribution < 1.29 is 9.90 Å². The molecule has 0 saturated heterocycles. The summed E-state index contributed by atoms with van der Waals surface area (Å²) in [6.07, 6.45) is 7.34. The lowest BCUT2D eigenvalue weighted by Crippen LogP contribution is -2.42. The van der Waals surface area contributed by atoms with Crippen LogP contribution in [0.5, 0.6) is 0 Å². The van der Waals surface area contributed by atoms with E-state index in [-0.39, 0.29) is 12.1 Å². The molecule has 2 atom stereocenters. The summed E-state index contributed by atoms with van der Waals surface area (Å²) >= 11 is 0. The molecule has 1 aromatic rings. The van der Waals surface area contributed by atoms with Gasteiger partial charge in [0.05, 0.1) is 6.10 Å². The summed E-state index contributed by atoms with van der Waals surface area (Å²) in [4.78, 5) is 11.7. The summed E-state index contributed by atoms with van der Waals surface area (Å²) < 4.78 is 0. The first-order valence-electron chi connectivity index (χ1n) is 7.20. The van der Waals surface area contributed by atoms with Gasteiger partial charge in [-0.15, -0.1) is 0 Å². The second-order valence-electron chi connectivity index (χ2n) is 5.08. The van der Waals surface area contributed by atoms with Crippen molar-refractivity contribution in [1.82, 2.24) is 10.6 Å². The van der Waals surface area contributed by atoms with Crippen LogP contribution in [0.15, 0.2) is 42.5 Å². The van der Waals surface area contributed by atoms with Gasteiger partial charge in [0.25, 0.3) is 0 Å². The third-order valence-electron chi connectivity index (χ3n) is 3.46. The number of amides is 2. The van der Waals surface area contributed by atoms with Gasteiger partial charge >= 0.3 is 6.03 Å². The van der Waals surface area contributed by atoms with Crippen LogP contribution in [0.2, 0.25) is 0 Å². The molecule has 0 saturated carbocycles. The SMILES string of the molecule is O=C(NCCC(O)c1ccccc1)NC1C=CCCC1. The van der Waals surface area contributed by atoms with E-state index < -0.39 is 6.10 Å². The zero-order valence-corrected chi connectivity index (χ0v) is 11.6.